The minimum atomic E-state index is -1.09. The van der Waals surface area contributed by atoms with Crippen LogP contribution in [0.3, 0.4) is 0 Å². The number of rotatable bonds is 11. The van der Waals surface area contributed by atoms with E-state index in [1.165, 1.54) is 4.90 Å². The van der Waals surface area contributed by atoms with E-state index in [-0.39, 0.29) is 24.3 Å². The Bertz CT molecular complexity index is 980. The Morgan fingerprint density at radius 1 is 1.19 bits per heavy atom. The molecule has 0 aliphatic carbocycles. The van der Waals surface area contributed by atoms with E-state index in [1.54, 1.807) is 24.3 Å². The highest BCUT2D eigenvalue weighted by Crippen LogP contribution is 2.63. The van der Waals surface area contributed by atoms with Crippen molar-refractivity contribution in [3.05, 3.63) is 24.3 Å². The molecule has 3 aliphatic heterocycles. The summed E-state index contributed by atoms with van der Waals surface area (Å²) in [6, 6.07) is 5.69. The van der Waals surface area contributed by atoms with Gasteiger partial charge in [-0.3, -0.25) is 14.4 Å². The van der Waals surface area contributed by atoms with Gasteiger partial charge >= 0.3 is 0 Å². The lowest BCUT2D eigenvalue weighted by Crippen LogP contribution is -2.58. The second kappa shape index (κ2) is 10.4. The van der Waals surface area contributed by atoms with E-state index < -0.39 is 35.1 Å². The average molecular weight is 502 g/mol. The predicted octanol–water partition coefficient (Wildman–Crippen LogP) is 2.48. The van der Waals surface area contributed by atoms with Gasteiger partial charge in [-0.25, -0.2) is 0 Å². The molecule has 36 heavy (non-hydrogen) atoms. The molecule has 3 heterocycles. The number of nitrogens with zero attached hydrogens (tertiary/aromatic N) is 1. The normalized spacial score (nSPS) is 31.3. The summed E-state index contributed by atoms with van der Waals surface area (Å²) in [5.41, 5.74) is -1.35. The molecule has 0 aromatic heterocycles. The largest absolute Gasteiger partial charge is 0.494 e. The third kappa shape index (κ3) is 4.26. The summed E-state index contributed by atoms with van der Waals surface area (Å²) in [5.74, 6) is -1.70. The van der Waals surface area contributed by atoms with Crippen LogP contribution in [0.15, 0.2) is 24.3 Å². The summed E-state index contributed by atoms with van der Waals surface area (Å²) in [4.78, 5) is 42.6. The van der Waals surface area contributed by atoms with Gasteiger partial charge in [-0.1, -0.05) is 20.3 Å². The summed E-state index contributed by atoms with van der Waals surface area (Å²) in [5, 5.41) is 16.0. The number of amides is 3. The highest BCUT2D eigenvalue weighted by molar-refractivity contribution is 6.02. The highest BCUT2D eigenvalue weighted by Gasteiger charge is 2.78. The Balaban J connectivity index is 1.65. The summed E-state index contributed by atoms with van der Waals surface area (Å²) in [6.45, 7) is 8.48. The van der Waals surface area contributed by atoms with Crippen LogP contribution in [0, 0.1) is 11.8 Å². The molecule has 1 aromatic carbocycles. The van der Waals surface area contributed by atoms with Gasteiger partial charge in [-0.05, 0) is 63.8 Å². The number of nitrogens with one attached hydrogen (secondary N) is 2. The smallest absolute Gasteiger partial charge is 0.245 e. The number of fused-ring (bicyclic) bond motifs is 1. The molecular weight excluding hydrogens is 462 g/mol. The number of carbonyl (C=O) groups excluding carboxylic acids is 3. The van der Waals surface area contributed by atoms with E-state index in [0.717, 1.165) is 12.8 Å². The molecule has 3 amide bonds. The molecule has 9 heteroatoms. The second-order valence-electron chi connectivity index (χ2n) is 10.3. The Morgan fingerprint density at radius 3 is 2.53 bits per heavy atom. The lowest BCUT2D eigenvalue weighted by atomic mass is 9.66. The van der Waals surface area contributed by atoms with Crippen LogP contribution in [-0.2, 0) is 19.1 Å². The fourth-order valence-corrected chi connectivity index (χ4v) is 6.38. The third-order valence-corrected chi connectivity index (χ3v) is 8.08. The molecule has 1 aromatic rings. The molecule has 3 N–H and O–H groups in total. The molecule has 3 aliphatic rings. The van der Waals surface area contributed by atoms with Crippen molar-refractivity contribution in [2.24, 2.45) is 11.8 Å². The van der Waals surface area contributed by atoms with Crippen LogP contribution in [0.25, 0.3) is 0 Å². The molecule has 1 spiro atoms. The number of hydrogen-bond acceptors (Lipinski definition) is 6. The van der Waals surface area contributed by atoms with E-state index in [2.05, 4.69) is 10.6 Å². The van der Waals surface area contributed by atoms with E-state index in [0.29, 0.717) is 43.9 Å². The van der Waals surface area contributed by atoms with Crippen molar-refractivity contribution >= 4 is 23.4 Å². The van der Waals surface area contributed by atoms with Crippen molar-refractivity contribution in [2.45, 2.75) is 83.1 Å². The summed E-state index contributed by atoms with van der Waals surface area (Å²) >= 11 is 0. The van der Waals surface area contributed by atoms with Crippen molar-refractivity contribution < 1.29 is 29.0 Å². The maximum absolute atomic E-state index is 14.0. The number of ether oxygens (including phenoxy) is 2. The van der Waals surface area contributed by atoms with Crippen molar-refractivity contribution in [3.63, 3.8) is 0 Å². The average Bonchev–Trinajstić information content (AvgIpc) is 3.42. The predicted molar refractivity (Wildman–Crippen MR) is 134 cm³/mol. The first-order valence-electron chi connectivity index (χ1n) is 13.2. The van der Waals surface area contributed by atoms with E-state index in [9.17, 15) is 19.5 Å². The van der Waals surface area contributed by atoms with Crippen LogP contribution >= 0.6 is 0 Å². The van der Waals surface area contributed by atoms with E-state index in [1.807, 2.05) is 27.7 Å². The zero-order valence-electron chi connectivity index (χ0n) is 21.7. The molecular formula is C27H39N3O6. The SMILES string of the molecule is CCCCNC(=O)C1N([C@@H](CC)CO)C(=O)[C@@H]2[C@H](C(=O)Nc3ccc(OCC)cc3)[C@]3(C)CCC12O3. The summed E-state index contributed by atoms with van der Waals surface area (Å²) in [7, 11) is 0. The van der Waals surface area contributed by atoms with Crippen LogP contribution in [0.5, 0.6) is 5.75 Å². The van der Waals surface area contributed by atoms with Crippen molar-refractivity contribution in [1.82, 2.24) is 10.2 Å². The fraction of sp³-hybridized carbons (Fsp3) is 0.667. The quantitative estimate of drug-likeness (QED) is 0.401. The summed E-state index contributed by atoms with van der Waals surface area (Å²) in [6.07, 6.45) is 3.32. The number of benzene rings is 1. The number of unbranched alkanes of at least 4 members (excludes halogenated alkanes) is 1. The molecule has 9 nitrogen and oxygen atoms in total. The van der Waals surface area contributed by atoms with Crippen LogP contribution in [0.2, 0.25) is 0 Å². The Labute approximate surface area is 212 Å². The van der Waals surface area contributed by atoms with Gasteiger partial charge in [0.1, 0.15) is 17.4 Å². The van der Waals surface area contributed by atoms with Gasteiger partial charge in [0.25, 0.3) is 0 Å². The molecule has 4 rings (SSSR count). The zero-order chi connectivity index (χ0) is 26.1. The first-order valence-corrected chi connectivity index (χ1v) is 13.2. The Morgan fingerprint density at radius 2 is 1.92 bits per heavy atom. The fourth-order valence-electron chi connectivity index (χ4n) is 6.38. The first-order chi connectivity index (χ1) is 17.3. The molecule has 3 saturated heterocycles. The minimum absolute atomic E-state index is 0.260. The van der Waals surface area contributed by atoms with Crippen LogP contribution in [0.4, 0.5) is 5.69 Å². The second-order valence-corrected chi connectivity index (χ2v) is 10.3. The standard InChI is InChI=1S/C27H39N3O6/c1-5-8-15-28-24(33)22-27-14-13-26(4,36-27)20(21(27)25(34)30(22)18(6-2)16-31)23(32)29-17-9-11-19(12-10-17)35-7-3/h9-12,18,20-22,31H,5-8,13-16H2,1-4H3,(H,28,33)(H,29,32)/t18-,20+,21-,22?,26-,27?/m0/s1. The van der Waals surface area contributed by atoms with Gasteiger partial charge in [-0.2, -0.15) is 0 Å². The van der Waals surface area contributed by atoms with Gasteiger partial charge < -0.3 is 30.1 Å². The minimum Gasteiger partial charge on any atom is -0.494 e. The lowest BCUT2D eigenvalue weighted by Gasteiger charge is -2.36. The van der Waals surface area contributed by atoms with E-state index in [4.69, 9.17) is 9.47 Å². The number of hydrogen-bond donors (Lipinski definition) is 3. The monoisotopic (exact) mass is 501 g/mol. The van der Waals surface area contributed by atoms with Gasteiger partial charge in [0.05, 0.1) is 36.7 Å². The zero-order valence-corrected chi connectivity index (χ0v) is 21.7. The molecule has 3 fully saturated rings. The van der Waals surface area contributed by atoms with Crippen molar-refractivity contribution in [2.75, 3.05) is 25.1 Å². The van der Waals surface area contributed by atoms with Crippen LogP contribution < -0.4 is 15.4 Å². The summed E-state index contributed by atoms with van der Waals surface area (Å²) < 4.78 is 12.1. The first kappa shape index (κ1) is 26.4. The number of likely N-dealkylation sites (tertiary alicyclic amines) is 1. The molecule has 2 unspecified atom stereocenters. The molecule has 0 saturated carbocycles. The number of aliphatic hydroxyl groups is 1. The lowest BCUT2D eigenvalue weighted by molar-refractivity contribution is -0.148. The van der Waals surface area contributed by atoms with Crippen molar-refractivity contribution in [1.29, 1.82) is 0 Å². The molecule has 0 radical (unpaired) electrons. The number of carbonyl (C=O) groups is 3. The van der Waals surface area contributed by atoms with E-state index >= 15 is 0 Å². The van der Waals surface area contributed by atoms with Gasteiger partial charge in [0.15, 0.2) is 0 Å². The van der Waals surface area contributed by atoms with Crippen LogP contribution in [0.1, 0.15) is 59.8 Å². The Kier molecular flexibility index (Phi) is 7.61. The van der Waals surface area contributed by atoms with Gasteiger partial charge in [-0.15, -0.1) is 0 Å². The molecule has 2 bridgehead atoms. The maximum Gasteiger partial charge on any atom is 0.245 e. The van der Waals surface area contributed by atoms with Gasteiger partial charge in [0.2, 0.25) is 17.7 Å². The molecule has 6 atom stereocenters. The highest BCUT2D eigenvalue weighted by atomic mass is 16.5. The third-order valence-electron chi connectivity index (χ3n) is 8.08. The maximum atomic E-state index is 14.0. The molecule has 198 valence electrons. The number of aliphatic hydroxyl groups excluding tert-OH is 1. The van der Waals surface area contributed by atoms with Crippen LogP contribution in [-0.4, -0.2) is 70.8 Å². The topological polar surface area (TPSA) is 117 Å². The van der Waals surface area contributed by atoms with Crippen molar-refractivity contribution in [3.8, 4) is 5.75 Å². The number of anilines is 1. The van der Waals surface area contributed by atoms with Gasteiger partial charge in [0, 0.05) is 12.2 Å². The Hall–Kier alpha value is -2.65.